The Morgan fingerprint density at radius 2 is 2.00 bits per heavy atom. The Balaban J connectivity index is 2.40. The molecule has 1 aliphatic heterocycles. The van der Waals surface area contributed by atoms with Crippen molar-refractivity contribution >= 4 is 12.0 Å². The second-order valence-electron chi connectivity index (χ2n) is 6.03. The van der Waals surface area contributed by atoms with Gasteiger partial charge in [-0.1, -0.05) is 32.0 Å². The van der Waals surface area contributed by atoms with Crippen LogP contribution in [0.3, 0.4) is 0 Å². The van der Waals surface area contributed by atoms with E-state index in [1.807, 2.05) is 45.0 Å². The van der Waals surface area contributed by atoms with E-state index in [4.69, 9.17) is 9.47 Å². The number of para-hydroxylation sites is 1. The van der Waals surface area contributed by atoms with Gasteiger partial charge in [-0.15, -0.1) is 0 Å². The van der Waals surface area contributed by atoms with Crippen molar-refractivity contribution in [2.45, 2.75) is 33.7 Å². The van der Waals surface area contributed by atoms with Crippen LogP contribution < -0.4 is 15.4 Å². The smallest absolute Gasteiger partial charge is 0.338 e. The molecule has 6 heteroatoms. The van der Waals surface area contributed by atoms with Crippen LogP contribution in [0.4, 0.5) is 4.79 Å². The lowest BCUT2D eigenvalue weighted by Gasteiger charge is -2.29. The predicted molar refractivity (Wildman–Crippen MR) is 90.5 cm³/mol. The van der Waals surface area contributed by atoms with Gasteiger partial charge in [-0.3, -0.25) is 0 Å². The number of benzene rings is 1. The van der Waals surface area contributed by atoms with E-state index in [-0.39, 0.29) is 11.9 Å². The molecule has 6 nitrogen and oxygen atoms in total. The van der Waals surface area contributed by atoms with Gasteiger partial charge in [0.25, 0.3) is 0 Å². The highest BCUT2D eigenvalue weighted by Crippen LogP contribution is 2.33. The van der Waals surface area contributed by atoms with Gasteiger partial charge in [0.05, 0.1) is 24.8 Å². The van der Waals surface area contributed by atoms with Crippen molar-refractivity contribution in [3.63, 3.8) is 0 Å². The van der Waals surface area contributed by atoms with Crippen LogP contribution in [-0.2, 0) is 9.53 Å². The van der Waals surface area contributed by atoms with Crippen molar-refractivity contribution in [3.8, 4) is 5.75 Å². The van der Waals surface area contributed by atoms with E-state index in [1.54, 1.807) is 6.92 Å². The first-order valence-electron chi connectivity index (χ1n) is 8.11. The lowest BCUT2D eigenvalue weighted by Crippen LogP contribution is -2.45. The summed E-state index contributed by atoms with van der Waals surface area (Å²) in [4.78, 5) is 24.5. The normalized spacial score (nSPS) is 17.4. The van der Waals surface area contributed by atoms with E-state index >= 15 is 0 Å². The average Bonchev–Trinajstić information content (AvgIpc) is 2.52. The summed E-state index contributed by atoms with van der Waals surface area (Å²) in [7, 11) is 0. The number of urea groups is 1. The van der Waals surface area contributed by atoms with Crippen LogP contribution in [0.1, 0.15) is 39.3 Å². The lowest BCUT2D eigenvalue weighted by molar-refractivity contribution is -0.140. The number of esters is 1. The summed E-state index contributed by atoms with van der Waals surface area (Å²) < 4.78 is 11.0. The zero-order valence-corrected chi connectivity index (χ0v) is 14.5. The highest BCUT2D eigenvalue weighted by atomic mass is 16.5. The summed E-state index contributed by atoms with van der Waals surface area (Å²) in [6.45, 7) is 8.33. The molecular weight excluding hydrogens is 308 g/mol. The van der Waals surface area contributed by atoms with E-state index in [0.717, 1.165) is 5.56 Å². The third-order valence-electron chi connectivity index (χ3n) is 3.57. The van der Waals surface area contributed by atoms with Crippen LogP contribution in [0.25, 0.3) is 0 Å². The van der Waals surface area contributed by atoms with Gasteiger partial charge in [-0.2, -0.15) is 0 Å². The van der Waals surface area contributed by atoms with Gasteiger partial charge in [0, 0.05) is 11.3 Å². The number of nitrogens with one attached hydrogen (secondary N) is 2. The number of carbonyl (C=O) groups excluding carboxylic acids is 2. The van der Waals surface area contributed by atoms with Gasteiger partial charge >= 0.3 is 12.0 Å². The molecule has 1 atom stereocenters. The maximum absolute atomic E-state index is 12.6. The van der Waals surface area contributed by atoms with Crippen LogP contribution in [-0.4, -0.2) is 25.2 Å². The number of ether oxygens (including phenoxy) is 2. The Kier molecular flexibility index (Phi) is 5.84. The molecule has 0 unspecified atom stereocenters. The van der Waals surface area contributed by atoms with Gasteiger partial charge < -0.3 is 20.1 Å². The van der Waals surface area contributed by atoms with Crippen molar-refractivity contribution in [1.29, 1.82) is 0 Å². The van der Waals surface area contributed by atoms with Gasteiger partial charge in [0.2, 0.25) is 0 Å². The zero-order valence-electron chi connectivity index (χ0n) is 14.5. The number of amides is 2. The Hall–Kier alpha value is -2.50. The number of rotatable bonds is 6. The summed E-state index contributed by atoms with van der Waals surface area (Å²) in [5.41, 5.74) is 1.61. The van der Waals surface area contributed by atoms with E-state index in [2.05, 4.69) is 10.6 Å². The molecule has 1 aromatic carbocycles. The maximum atomic E-state index is 12.6. The van der Waals surface area contributed by atoms with Gasteiger partial charge in [0.15, 0.2) is 0 Å². The summed E-state index contributed by atoms with van der Waals surface area (Å²) in [5.74, 6) is 0.425. The zero-order chi connectivity index (χ0) is 17.7. The molecule has 0 bridgehead atoms. The summed E-state index contributed by atoms with van der Waals surface area (Å²) in [6, 6.07) is 6.39. The summed E-state index contributed by atoms with van der Waals surface area (Å²) in [5, 5.41) is 5.43. The van der Waals surface area contributed by atoms with Crippen LogP contribution in [0.5, 0.6) is 5.75 Å². The van der Waals surface area contributed by atoms with Crippen LogP contribution in [0.2, 0.25) is 0 Å². The first-order chi connectivity index (χ1) is 11.4. The molecule has 1 heterocycles. The second-order valence-corrected chi connectivity index (χ2v) is 6.03. The fourth-order valence-corrected chi connectivity index (χ4v) is 2.52. The minimum absolute atomic E-state index is 0.232. The van der Waals surface area contributed by atoms with Crippen molar-refractivity contribution in [1.82, 2.24) is 10.6 Å². The molecule has 0 saturated heterocycles. The molecule has 1 aliphatic rings. The summed E-state index contributed by atoms with van der Waals surface area (Å²) in [6.07, 6.45) is 0. The molecule has 0 fully saturated rings. The molecule has 130 valence electrons. The minimum Gasteiger partial charge on any atom is -0.494 e. The quantitative estimate of drug-likeness (QED) is 0.785. The van der Waals surface area contributed by atoms with Gasteiger partial charge in [-0.05, 0) is 25.8 Å². The van der Waals surface area contributed by atoms with E-state index < -0.39 is 12.0 Å². The molecule has 1 aromatic rings. The third-order valence-corrected chi connectivity index (χ3v) is 3.57. The largest absolute Gasteiger partial charge is 0.494 e. The second kappa shape index (κ2) is 7.86. The minimum atomic E-state index is -0.610. The van der Waals surface area contributed by atoms with Crippen molar-refractivity contribution in [2.75, 3.05) is 13.2 Å². The molecular formula is C18H24N2O4. The Labute approximate surface area is 142 Å². The average molecular weight is 332 g/mol. The predicted octanol–water partition coefficient (Wildman–Crippen LogP) is 2.91. The van der Waals surface area contributed by atoms with Crippen LogP contribution in [0.15, 0.2) is 35.5 Å². The topological polar surface area (TPSA) is 76.7 Å². The molecule has 2 amide bonds. The van der Waals surface area contributed by atoms with Crippen molar-refractivity contribution in [3.05, 3.63) is 41.1 Å². The first-order valence-corrected chi connectivity index (χ1v) is 8.11. The highest BCUT2D eigenvalue weighted by Gasteiger charge is 2.33. The molecule has 24 heavy (non-hydrogen) atoms. The lowest BCUT2D eigenvalue weighted by atomic mass is 9.95. The molecule has 0 spiro atoms. The number of carbonyl (C=O) groups is 2. The Morgan fingerprint density at radius 1 is 1.29 bits per heavy atom. The fourth-order valence-electron chi connectivity index (χ4n) is 2.52. The number of allylic oxidation sites excluding steroid dienone is 1. The van der Waals surface area contributed by atoms with Crippen LogP contribution >= 0.6 is 0 Å². The first kappa shape index (κ1) is 17.8. The monoisotopic (exact) mass is 332 g/mol. The molecule has 0 saturated carbocycles. The van der Waals surface area contributed by atoms with Crippen molar-refractivity contribution in [2.24, 2.45) is 5.92 Å². The van der Waals surface area contributed by atoms with Crippen LogP contribution in [0, 0.1) is 5.92 Å². The maximum Gasteiger partial charge on any atom is 0.338 e. The number of hydrogen-bond donors (Lipinski definition) is 2. The number of hydrogen-bond acceptors (Lipinski definition) is 4. The van der Waals surface area contributed by atoms with E-state index in [0.29, 0.717) is 30.2 Å². The highest BCUT2D eigenvalue weighted by molar-refractivity contribution is 5.95. The molecule has 0 radical (unpaired) electrons. The molecule has 2 rings (SSSR count). The molecule has 0 aromatic heterocycles. The molecule has 2 N–H and O–H groups in total. The third kappa shape index (κ3) is 4.07. The Morgan fingerprint density at radius 3 is 2.67 bits per heavy atom. The van der Waals surface area contributed by atoms with Gasteiger partial charge in [0.1, 0.15) is 5.75 Å². The van der Waals surface area contributed by atoms with Crippen molar-refractivity contribution < 1.29 is 19.1 Å². The SMILES string of the molecule is CCOc1ccccc1[C@H]1NC(=O)NC(C)=C1C(=O)OCC(C)C. The van der Waals surface area contributed by atoms with E-state index in [9.17, 15) is 9.59 Å². The van der Waals surface area contributed by atoms with Gasteiger partial charge in [-0.25, -0.2) is 9.59 Å². The Bertz CT molecular complexity index is 652. The van der Waals surface area contributed by atoms with E-state index in [1.165, 1.54) is 0 Å². The summed E-state index contributed by atoms with van der Waals surface area (Å²) >= 11 is 0. The molecule has 0 aliphatic carbocycles. The standard InChI is InChI=1S/C18H24N2O4/c1-5-23-14-9-7-6-8-13(14)16-15(12(4)19-18(22)20-16)17(21)24-10-11(2)3/h6-9,11,16H,5,10H2,1-4H3,(H2,19,20,22)/t16-/m1/s1. The fraction of sp³-hybridized carbons (Fsp3) is 0.444.